The van der Waals surface area contributed by atoms with Crippen LogP contribution in [0, 0.1) is 20.2 Å². The molecule has 0 saturated heterocycles. The van der Waals surface area contributed by atoms with Gasteiger partial charge in [-0.25, -0.2) is 9.59 Å². The van der Waals surface area contributed by atoms with Gasteiger partial charge < -0.3 is 9.47 Å². The largest absolute Gasteiger partial charge is 0.462 e. The molecule has 0 aromatic carbocycles. The second-order valence-corrected chi connectivity index (χ2v) is 9.46. The minimum absolute atomic E-state index is 0.0598. The molecule has 0 aliphatic carbocycles. The predicted molar refractivity (Wildman–Crippen MR) is 106 cm³/mol. The fourth-order valence-corrected chi connectivity index (χ4v) is 6.88. The van der Waals surface area contributed by atoms with Crippen molar-refractivity contribution in [1.82, 2.24) is 0 Å². The average molecular weight is 465 g/mol. The lowest BCUT2D eigenvalue weighted by atomic mass is 10.4. The van der Waals surface area contributed by atoms with Crippen LogP contribution < -0.4 is 0 Å². The maximum Gasteiger partial charge on any atom is 0.348 e. The maximum absolute atomic E-state index is 11.8. The van der Waals surface area contributed by atoms with Crippen molar-refractivity contribution in [2.75, 3.05) is 13.2 Å². The number of carbonyl (C=O) groups is 2. The number of carbonyl (C=O) groups excluding carboxylic acids is 2. The van der Waals surface area contributed by atoms with Crippen LogP contribution >= 0.6 is 44.3 Å². The molecule has 0 aliphatic rings. The predicted octanol–water partition coefficient (Wildman–Crippen LogP) is 4.78. The van der Waals surface area contributed by atoms with Gasteiger partial charge in [-0.1, -0.05) is 0 Å². The van der Waals surface area contributed by atoms with Crippen molar-refractivity contribution in [1.29, 1.82) is 0 Å². The second kappa shape index (κ2) is 9.86. The minimum Gasteiger partial charge on any atom is -0.462 e. The fraction of sp³-hybridized carbons (Fsp3) is 0.286. The van der Waals surface area contributed by atoms with Gasteiger partial charge in [-0.15, -0.1) is 22.7 Å². The van der Waals surface area contributed by atoms with Crippen molar-refractivity contribution in [3.05, 3.63) is 42.1 Å². The van der Waals surface area contributed by atoms with E-state index in [4.69, 9.17) is 9.47 Å². The first-order chi connectivity index (χ1) is 13.3. The van der Waals surface area contributed by atoms with Crippen LogP contribution in [-0.4, -0.2) is 35.0 Å². The molecule has 2 rings (SSSR count). The Kier molecular flexibility index (Phi) is 7.79. The molecule has 0 fully saturated rings. The van der Waals surface area contributed by atoms with Gasteiger partial charge in [0, 0.05) is 12.1 Å². The Morgan fingerprint density at radius 3 is 1.54 bits per heavy atom. The third-order valence-corrected chi connectivity index (χ3v) is 8.38. The molecule has 2 aromatic rings. The summed E-state index contributed by atoms with van der Waals surface area (Å²) in [6.45, 7) is 3.48. The number of nitrogens with zero attached hydrogens (tertiary/aromatic N) is 2. The molecule has 0 N–H and O–H groups in total. The average Bonchev–Trinajstić information content (AvgIpc) is 3.25. The normalized spacial score (nSPS) is 10.5. The lowest BCUT2D eigenvalue weighted by Crippen LogP contribution is -2.01. The van der Waals surface area contributed by atoms with Crippen molar-refractivity contribution in [2.45, 2.75) is 22.3 Å². The molecule has 0 amide bonds. The summed E-state index contributed by atoms with van der Waals surface area (Å²) in [5.41, 5.74) is -0.592. The molecule has 0 radical (unpaired) electrons. The highest BCUT2D eigenvalue weighted by Gasteiger charge is 2.27. The first-order valence-electron chi connectivity index (χ1n) is 7.53. The van der Waals surface area contributed by atoms with Crippen LogP contribution in [0.3, 0.4) is 0 Å². The summed E-state index contributed by atoms with van der Waals surface area (Å²) in [4.78, 5) is 44.9. The molecule has 14 heteroatoms. The number of nitro groups is 2. The first kappa shape index (κ1) is 22.1. The Morgan fingerprint density at radius 1 is 0.893 bits per heavy atom. The lowest BCUT2D eigenvalue weighted by Gasteiger charge is -1.97. The van der Waals surface area contributed by atoms with Crippen LogP contribution in [0.25, 0.3) is 0 Å². The number of esters is 2. The standard InChI is InChI=1S/C14H12N2O8S4/c1-3-23-11(17)9-5-7(15(19)20)13(25-9)27-28-14-8(16(21)22)6-10(26-14)12(18)24-4-2/h5-6H,3-4H2,1-2H3. The van der Waals surface area contributed by atoms with E-state index in [-0.39, 0.29) is 42.8 Å². The highest BCUT2D eigenvalue weighted by Crippen LogP contribution is 2.50. The SMILES string of the molecule is CCOC(=O)c1cc([N+](=O)[O-])c(SSc2sc(C(=O)OCC)cc2[N+](=O)[O-])s1. The third kappa shape index (κ3) is 5.21. The van der Waals surface area contributed by atoms with Gasteiger partial charge in [-0.2, -0.15) is 0 Å². The van der Waals surface area contributed by atoms with E-state index in [1.165, 1.54) is 0 Å². The van der Waals surface area contributed by atoms with Crippen LogP contribution in [0.4, 0.5) is 11.4 Å². The zero-order valence-corrected chi connectivity index (χ0v) is 17.6. The highest BCUT2D eigenvalue weighted by molar-refractivity contribution is 8.77. The molecule has 0 unspecified atom stereocenters. The van der Waals surface area contributed by atoms with E-state index in [1.54, 1.807) is 13.8 Å². The molecular weight excluding hydrogens is 452 g/mol. The van der Waals surface area contributed by atoms with Gasteiger partial charge in [0.15, 0.2) is 0 Å². The van der Waals surface area contributed by atoms with Gasteiger partial charge >= 0.3 is 11.9 Å². The molecule has 0 bridgehead atoms. The molecule has 2 heterocycles. The lowest BCUT2D eigenvalue weighted by molar-refractivity contribution is -0.387. The molecule has 0 saturated carbocycles. The van der Waals surface area contributed by atoms with Crippen molar-refractivity contribution in [2.24, 2.45) is 0 Å². The summed E-state index contributed by atoms with van der Waals surface area (Å²) < 4.78 is 10.0. The Morgan fingerprint density at radius 2 is 1.25 bits per heavy atom. The van der Waals surface area contributed by atoms with Gasteiger partial charge in [-0.3, -0.25) is 20.2 Å². The zero-order valence-electron chi connectivity index (χ0n) is 14.4. The summed E-state index contributed by atoms with van der Waals surface area (Å²) in [6.07, 6.45) is 0. The third-order valence-electron chi connectivity index (χ3n) is 2.90. The van der Waals surface area contributed by atoms with E-state index in [0.717, 1.165) is 56.4 Å². The van der Waals surface area contributed by atoms with Crippen LogP contribution in [0.1, 0.15) is 33.2 Å². The van der Waals surface area contributed by atoms with E-state index < -0.39 is 21.8 Å². The number of hydrogen-bond donors (Lipinski definition) is 0. The Labute approximate surface area is 173 Å². The molecule has 2 aromatic heterocycles. The molecule has 10 nitrogen and oxygen atoms in total. The first-order valence-corrected chi connectivity index (χ1v) is 11.3. The van der Waals surface area contributed by atoms with Gasteiger partial charge in [-0.05, 0) is 35.4 Å². The number of thiophene rings is 2. The summed E-state index contributed by atoms with van der Waals surface area (Å²) in [7, 11) is 1.79. The highest BCUT2D eigenvalue weighted by atomic mass is 33.1. The maximum atomic E-state index is 11.8. The molecule has 0 aliphatic heterocycles. The molecule has 28 heavy (non-hydrogen) atoms. The molecule has 0 spiro atoms. The van der Waals surface area contributed by atoms with Crippen molar-refractivity contribution in [3.8, 4) is 0 Å². The number of hydrogen-bond acceptors (Lipinski definition) is 12. The van der Waals surface area contributed by atoms with Gasteiger partial charge in [0.05, 0.1) is 23.1 Å². The molecule has 150 valence electrons. The molecule has 0 atom stereocenters. The number of rotatable bonds is 9. The fourth-order valence-electron chi connectivity index (χ4n) is 1.78. The van der Waals surface area contributed by atoms with Gasteiger partial charge in [0.1, 0.15) is 18.2 Å². The molecular formula is C14H12N2O8S4. The van der Waals surface area contributed by atoms with Crippen LogP contribution in [0.2, 0.25) is 0 Å². The van der Waals surface area contributed by atoms with Gasteiger partial charge in [0.25, 0.3) is 11.4 Å². The van der Waals surface area contributed by atoms with Crippen LogP contribution in [0.15, 0.2) is 20.6 Å². The monoisotopic (exact) mass is 464 g/mol. The Balaban J connectivity index is 2.28. The van der Waals surface area contributed by atoms with E-state index >= 15 is 0 Å². The van der Waals surface area contributed by atoms with Gasteiger partial charge in [0.2, 0.25) is 0 Å². The summed E-state index contributed by atoms with van der Waals surface area (Å²) in [6, 6.07) is 2.22. The Hall–Kier alpha value is -2.16. The smallest absolute Gasteiger partial charge is 0.348 e. The number of ether oxygens (including phenoxy) is 2. The topological polar surface area (TPSA) is 139 Å². The zero-order chi connectivity index (χ0) is 20.8. The van der Waals surface area contributed by atoms with Crippen molar-refractivity contribution in [3.63, 3.8) is 0 Å². The summed E-state index contributed by atoms with van der Waals surface area (Å²) >= 11 is 1.72. The minimum atomic E-state index is -0.681. The Bertz CT molecular complexity index is 848. The summed E-state index contributed by atoms with van der Waals surface area (Å²) in [5, 5.41) is 22.5. The van der Waals surface area contributed by atoms with E-state index in [2.05, 4.69) is 0 Å². The van der Waals surface area contributed by atoms with E-state index in [9.17, 15) is 29.8 Å². The summed E-state index contributed by atoms with van der Waals surface area (Å²) in [5.74, 6) is -1.36. The van der Waals surface area contributed by atoms with Crippen molar-refractivity contribution >= 4 is 67.6 Å². The quantitative estimate of drug-likeness (QED) is 0.220. The van der Waals surface area contributed by atoms with Crippen molar-refractivity contribution < 1.29 is 28.9 Å². The van der Waals surface area contributed by atoms with Crippen LogP contribution in [0.5, 0.6) is 0 Å². The second-order valence-electron chi connectivity index (χ2n) is 4.69. The van der Waals surface area contributed by atoms with Crippen LogP contribution in [-0.2, 0) is 9.47 Å². The van der Waals surface area contributed by atoms with E-state index in [1.807, 2.05) is 0 Å². The van der Waals surface area contributed by atoms with E-state index in [0.29, 0.717) is 0 Å².